The van der Waals surface area contributed by atoms with Crippen LogP contribution in [-0.4, -0.2) is 9.67 Å². The fraction of sp³-hybridized carbons (Fsp3) is 0.583. The molecular formula is C12H17NO2. The molecule has 0 bridgehead atoms. The van der Waals surface area contributed by atoms with Crippen LogP contribution in [0.5, 0.6) is 5.75 Å². The van der Waals surface area contributed by atoms with E-state index in [1.807, 2.05) is 13.1 Å². The molecule has 15 heavy (non-hydrogen) atoms. The highest BCUT2D eigenvalue weighted by Crippen LogP contribution is 2.31. The van der Waals surface area contributed by atoms with Crippen molar-refractivity contribution in [1.29, 1.82) is 0 Å². The van der Waals surface area contributed by atoms with Crippen LogP contribution in [0.25, 0.3) is 0 Å². The van der Waals surface area contributed by atoms with Gasteiger partial charge in [0.25, 0.3) is 0 Å². The standard InChI is InChI=1S/C12H17NO2/c1-2-10-12(15)11(14)7-8-13(10)9-5-3-4-6-9/h7-9,15H,2-6H2,1H3. The fourth-order valence-electron chi connectivity index (χ4n) is 2.46. The van der Waals surface area contributed by atoms with Crippen molar-refractivity contribution in [2.24, 2.45) is 0 Å². The summed E-state index contributed by atoms with van der Waals surface area (Å²) in [5.41, 5.74) is 0.524. The molecule has 1 saturated carbocycles. The van der Waals surface area contributed by atoms with Gasteiger partial charge in [-0.3, -0.25) is 4.79 Å². The van der Waals surface area contributed by atoms with Crippen molar-refractivity contribution >= 4 is 0 Å². The number of nitrogens with zero attached hydrogens (tertiary/aromatic N) is 1. The Morgan fingerprint density at radius 1 is 1.47 bits per heavy atom. The van der Waals surface area contributed by atoms with Crippen molar-refractivity contribution in [1.82, 2.24) is 4.57 Å². The molecule has 3 heteroatoms. The summed E-state index contributed by atoms with van der Waals surface area (Å²) in [6, 6.07) is 1.94. The average Bonchev–Trinajstić information content (AvgIpc) is 2.75. The third-order valence-corrected chi connectivity index (χ3v) is 3.26. The van der Waals surface area contributed by atoms with Gasteiger partial charge in [-0.25, -0.2) is 0 Å². The Kier molecular flexibility index (Phi) is 2.80. The second-order valence-electron chi connectivity index (χ2n) is 4.17. The highest BCUT2D eigenvalue weighted by molar-refractivity contribution is 5.27. The Morgan fingerprint density at radius 2 is 2.13 bits per heavy atom. The Balaban J connectivity index is 2.46. The van der Waals surface area contributed by atoms with Crippen LogP contribution in [0.1, 0.15) is 44.3 Å². The number of rotatable bonds is 2. The highest BCUT2D eigenvalue weighted by atomic mass is 16.3. The molecule has 2 rings (SSSR count). The van der Waals surface area contributed by atoms with Gasteiger partial charge in [0.05, 0.1) is 5.69 Å². The van der Waals surface area contributed by atoms with Crippen molar-refractivity contribution in [2.45, 2.75) is 45.1 Å². The van der Waals surface area contributed by atoms with Crippen molar-refractivity contribution in [3.63, 3.8) is 0 Å². The maximum atomic E-state index is 11.3. The zero-order chi connectivity index (χ0) is 10.8. The quantitative estimate of drug-likeness (QED) is 0.808. The van der Waals surface area contributed by atoms with Gasteiger partial charge in [0.15, 0.2) is 5.75 Å². The van der Waals surface area contributed by atoms with Gasteiger partial charge in [-0.2, -0.15) is 0 Å². The monoisotopic (exact) mass is 207 g/mol. The Hall–Kier alpha value is -1.25. The summed E-state index contributed by atoms with van der Waals surface area (Å²) >= 11 is 0. The molecule has 1 aliphatic carbocycles. The molecule has 0 aromatic carbocycles. The zero-order valence-corrected chi connectivity index (χ0v) is 9.07. The molecule has 0 atom stereocenters. The van der Waals surface area contributed by atoms with Crippen LogP contribution in [-0.2, 0) is 6.42 Å². The minimum absolute atomic E-state index is 0.0631. The summed E-state index contributed by atoms with van der Waals surface area (Å²) in [5, 5.41) is 9.71. The minimum atomic E-state index is -0.263. The van der Waals surface area contributed by atoms with Gasteiger partial charge >= 0.3 is 0 Å². The number of aromatic hydroxyl groups is 1. The SMILES string of the molecule is CCc1c(O)c(=O)ccn1C1CCCC1. The summed E-state index contributed by atoms with van der Waals surface area (Å²) < 4.78 is 2.09. The molecule has 0 unspecified atom stereocenters. The lowest BCUT2D eigenvalue weighted by Crippen LogP contribution is -2.15. The summed E-state index contributed by atoms with van der Waals surface area (Å²) in [6.45, 7) is 1.97. The first kappa shape index (κ1) is 10.3. The lowest BCUT2D eigenvalue weighted by atomic mass is 10.2. The number of aromatic nitrogens is 1. The van der Waals surface area contributed by atoms with Crippen LogP contribution >= 0.6 is 0 Å². The van der Waals surface area contributed by atoms with E-state index in [1.54, 1.807) is 0 Å². The van der Waals surface area contributed by atoms with Crippen molar-refractivity contribution in [3.8, 4) is 5.75 Å². The van der Waals surface area contributed by atoms with Gasteiger partial charge in [0.2, 0.25) is 5.43 Å². The van der Waals surface area contributed by atoms with Gasteiger partial charge in [-0.1, -0.05) is 19.8 Å². The topological polar surface area (TPSA) is 42.2 Å². The summed E-state index contributed by atoms with van der Waals surface area (Å²) in [5.74, 6) is -0.0631. The smallest absolute Gasteiger partial charge is 0.223 e. The van der Waals surface area contributed by atoms with E-state index < -0.39 is 0 Å². The highest BCUT2D eigenvalue weighted by Gasteiger charge is 2.19. The van der Waals surface area contributed by atoms with Crippen molar-refractivity contribution < 1.29 is 5.11 Å². The first-order valence-corrected chi connectivity index (χ1v) is 5.67. The van der Waals surface area contributed by atoms with E-state index in [1.165, 1.54) is 18.9 Å². The number of hydrogen-bond donors (Lipinski definition) is 1. The maximum Gasteiger partial charge on any atom is 0.223 e. The van der Waals surface area contributed by atoms with Gasteiger partial charge in [0.1, 0.15) is 0 Å². The molecule has 0 spiro atoms. The molecule has 1 aromatic heterocycles. The molecule has 0 amide bonds. The fourth-order valence-corrected chi connectivity index (χ4v) is 2.46. The predicted molar refractivity (Wildman–Crippen MR) is 59.2 cm³/mol. The van der Waals surface area contributed by atoms with Crippen LogP contribution < -0.4 is 5.43 Å². The first-order valence-electron chi connectivity index (χ1n) is 5.67. The molecule has 0 radical (unpaired) electrons. The third-order valence-electron chi connectivity index (χ3n) is 3.26. The minimum Gasteiger partial charge on any atom is -0.503 e. The van der Waals surface area contributed by atoms with Gasteiger partial charge < -0.3 is 9.67 Å². The molecule has 3 nitrogen and oxygen atoms in total. The molecule has 1 N–H and O–H groups in total. The number of pyridine rings is 1. The molecule has 0 saturated heterocycles. The van der Waals surface area contributed by atoms with E-state index in [0.29, 0.717) is 12.5 Å². The van der Waals surface area contributed by atoms with Crippen molar-refractivity contribution in [3.05, 3.63) is 28.2 Å². The third kappa shape index (κ3) is 1.78. The van der Waals surface area contributed by atoms with Crippen molar-refractivity contribution in [2.75, 3.05) is 0 Å². The molecule has 1 aliphatic rings. The van der Waals surface area contributed by atoms with Crippen LogP contribution in [0.2, 0.25) is 0 Å². The second kappa shape index (κ2) is 4.09. The molecule has 1 heterocycles. The molecule has 0 aliphatic heterocycles. The van der Waals surface area contributed by atoms with E-state index in [-0.39, 0.29) is 11.2 Å². The summed E-state index contributed by atoms with van der Waals surface area (Å²) in [7, 11) is 0. The first-order chi connectivity index (χ1) is 7.24. The van der Waals surface area contributed by atoms with E-state index in [4.69, 9.17) is 0 Å². The van der Waals surface area contributed by atoms with Gasteiger partial charge in [0, 0.05) is 18.3 Å². The van der Waals surface area contributed by atoms with Crippen LogP contribution in [0.3, 0.4) is 0 Å². The molecule has 1 aromatic rings. The largest absolute Gasteiger partial charge is 0.503 e. The maximum absolute atomic E-state index is 11.3. The zero-order valence-electron chi connectivity index (χ0n) is 9.07. The van der Waals surface area contributed by atoms with Gasteiger partial charge in [-0.05, 0) is 19.3 Å². The average molecular weight is 207 g/mol. The molecule has 82 valence electrons. The molecular weight excluding hydrogens is 190 g/mol. The van der Waals surface area contributed by atoms with E-state index in [2.05, 4.69) is 4.57 Å². The van der Waals surface area contributed by atoms with Crippen LogP contribution in [0.4, 0.5) is 0 Å². The van der Waals surface area contributed by atoms with Gasteiger partial charge in [-0.15, -0.1) is 0 Å². The summed E-state index contributed by atoms with van der Waals surface area (Å²) in [6.07, 6.45) is 7.36. The Labute approximate surface area is 89.4 Å². The number of hydrogen-bond acceptors (Lipinski definition) is 2. The van der Waals surface area contributed by atoms with E-state index in [0.717, 1.165) is 18.5 Å². The second-order valence-corrected chi connectivity index (χ2v) is 4.17. The Bertz CT molecular complexity index is 403. The summed E-state index contributed by atoms with van der Waals surface area (Å²) in [4.78, 5) is 11.3. The van der Waals surface area contributed by atoms with Crippen LogP contribution in [0.15, 0.2) is 17.1 Å². The molecule has 1 fully saturated rings. The normalized spacial score (nSPS) is 17.1. The predicted octanol–water partition coefficient (Wildman–Crippen LogP) is 2.23. The lowest BCUT2D eigenvalue weighted by molar-refractivity contribution is 0.428. The van der Waals surface area contributed by atoms with E-state index >= 15 is 0 Å². The Morgan fingerprint density at radius 3 is 2.73 bits per heavy atom. The van der Waals surface area contributed by atoms with Crippen LogP contribution in [0, 0.1) is 0 Å². The van der Waals surface area contributed by atoms with E-state index in [9.17, 15) is 9.90 Å². The lowest BCUT2D eigenvalue weighted by Gasteiger charge is -2.19.